The van der Waals surface area contributed by atoms with Crippen molar-refractivity contribution in [3.63, 3.8) is 0 Å². The molecule has 0 aliphatic carbocycles. The number of carbonyl (C=O) groups excluding carboxylic acids is 1. The molecule has 0 aromatic heterocycles. The highest BCUT2D eigenvalue weighted by Crippen LogP contribution is 2.25. The third-order valence-corrected chi connectivity index (χ3v) is 5.97. The van der Waals surface area contributed by atoms with Gasteiger partial charge >= 0.3 is 0 Å². The minimum absolute atomic E-state index is 0. The number of nitrogens with two attached hydrogens (primary N) is 1. The van der Waals surface area contributed by atoms with E-state index in [1.54, 1.807) is 0 Å². The van der Waals surface area contributed by atoms with E-state index in [-0.39, 0.29) is 30.7 Å². The van der Waals surface area contributed by atoms with Crippen LogP contribution in [-0.4, -0.2) is 54.2 Å². The molecule has 1 aromatic rings. The van der Waals surface area contributed by atoms with Crippen molar-refractivity contribution in [2.75, 3.05) is 43.1 Å². The van der Waals surface area contributed by atoms with Gasteiger partial charge in [-0.05, 0) is 37.0 Å². The van der Waals surface area contributed by atoms with E-state index in [0.717, 1.165) is 30.9 Å². The van der Waals surface area contributed by atoms with Crippen molar-refractivity contribution >= 4 is 48.2 Å². The third-order valence-electron chi connectivity index (χ3n) is 5.03. The SMILES string of the molecule is Cc1c(CN2CCSCC2)cccc1NC(=O)C1(N)CCOCC1.Cl.Cl. The van der Waals surface area contributed by atoms with Crippen LogP contribution < -0.4 is 11.1 Å². The van der Waals surface area contributed by atoms with Gasteiger partial charge in [0.1, 0.15) is 5.54 Å². The van der Waals surface area contributed by atoms with E-state index in [4.69, 9.17) is 10.5 Å². The van der Waals surface area contributed by atoms with E-state index in [1.165, 1.54) is 17.1 Å². The lowest BCUT2D eigenvalue weighted by atomic mass is 9.90. The van der Waals surface area contributed by atoms with Gasteiger partial charge in [0.2, 0.25) is 5.91 Å². The van der Waals surface area contributed by atoms with Crippen LogP contribution in [0.4, 0.5) is 5.69 Å². The number of anilines is 1. The Labute approximate surface area is 172 Å². The van der Waals surface area contributed by atoms with Gasteiger partial charge in [0.25, 0.3) is 0 Å². The van der Waals surface area contributed by atoms with Crippen LogP contribution in [0.2, 0.25) is 0 Å². The van der Waals surface area contributed by atoms with Gasteiger partial charge in [-0.25, -0.2) is 0 Å². The average molecular weight is 422 g/mol. The lowest BCUT2D eigenvalue weighted by molar-refractivity contribution is -0.124. The first-order chi connectivity index (χ1) is 11.6. The molecule has 3 rings (SSSR count). The van der Waals surface area contributed by atoms with E-state index < -0.39 is 5.54 Å². The van der Waals surface area contributed by atoms with E-state index in [9.17, 15) is 4.79 Å². The Hall–Kier alpha value is -0.500. The number of ether oxygens (including phenoxy) is 1. The van der Waals surface area contributed by atoms with Gasteiger partial charge in [0, 0.05) is 50.0 Å². The van der Waals surface area contributed by atoms with Crippen LogP contribution in [0.15, 0.2) is 18.2 Å². The first kappa shape index (κ1) is 23.5. The van der Waals surface area contributed by atoms with Gasteiger partial charge in [-0.3, -0.25) is 9.69 Å². The molecule has 26 heavy (non-hydrogen) atoms. The van der Waals surface area contributed by atoms with Gasteiger partial charge < -0.3 is 15.8 Å². The Morgan fingerprint density at radius 3 is 2.58 bits per heavy atom. The molecule has 0 unspecified atom stereocenters. The van der Waals surface area contributed by atoms with Crippen LogP contribution in [0.3, 0.4) is 0 Å². The molecule has 2 fully saturated rings. The summed E-state index contributed by atoms with van der Waals surface area (Å²) < 4.78 is 5.33. The van der Waals surface area contributed by atoms with E-state index in [2.05, 4.69) is 23.2 Å². The predicted octanol–water partition coefficient (Wildman–Crippen LogP) is 2.83. The van der Waals surface area contributed by atoms with Gasteiger partial charge in [-0.2, -0.15) is 11.8 Å². The summed E-state index contributed by atoms with van der Waals surface area (Å²) in [5, 5.41) is 3.06. The molecule has 0 atom stereocenters. The Kier molecular flexibility index (Phi) is 9.72. The lowest BCUT2D eigenvalue weighted by Crippen LogP contribution is -2.54. The summed E-state index contributed by atoms with van der Waals surface area (Å²) in [5.74, 6) is 2.31. The molecule has 0 saturated carbocycles. The second kappa shape index (κ2) is 10.7. The van der Waals surface area contributed by atoms with Gasteiger partial charge in [0.05, 0.1) is 0 Å². The first-order valence-electron chi connectivity index (χ1n) is 8.65. The summed E-state index contributed by atoms with van der Waals surface area (Å²) in [6, 6.07) is 6.13. The average Bonchev–Trinajstić information content (AvgIpc) is 2.60. The number of amides is 1. The topological polar surface area (TPSA) is 67.6 Å². The predicted molar refractivity (Wildman–Crippen MR) is 114 cm³/mol. The molecular weight excluding hydrogens is 393 g/mol. The number of carbonyl (C=O) groups is 1. The summed E-state index contributed by atoms with van der Waals surface area (Å²) in [7, 11) is 0. The largest absolute Gasteiger partial charge is 0.381 e. The Morgan fingerprint density at radius 2 is 1.92 bits per heavy atom. The quantitative estimate of drug-likeness (QED) is 0.781. The highest BCUT2D eigenvalue weighted by Gasteiger charge is 2.36. The maximum Gasteiger partial charge on any atom is 0.244 e. The number of rotatable bonds is 4. The Morgan fingerprint density at radius 1 is 1.27 bits per heavy atom. The molecule has 8 heteroatoms. The minimum atomic E-state index is -0.815. The number of nitrogens with one attached hydrogen (secondary N) is 1. The number of thioether (sulfide) groups is 1. The molecule has 0 bridgehead atoms. The number of hydrogen-bond donors (Lipinski definition) is 2. The van der Waals surface area contributed by atoms with Gasteiger partial charge in [-0.15, -0.1) is 24.8 Å². The lowest BCUT2D eigenvalue weighted by Gasteiger charge is -2.32. The zero-order valence-electron chi connectivity index (χ0n) is 15.2. The van der Waals surface area contributed by atoms with Crippen LogP contribution in [0.25, 0.3) is 0 Å². The first-order valence-corrected chi connectivity index (χ1v) is 9.81. The molecule has 1 aromatic carbocycles. The molecule has 1 amide bonds. The normalized spacial score (nSPS) is 19.8. The van der Waals surface area contributed by atoms with E-state index in [1.807, 2.05) is 23.9 Å². The van der Waals surface area contributed by atoms with Crippen LogP contribution >= 0.6 is 36.6 Å². The van der Waals surface area contributed by atoms with E-state index >= 15 is 0 Å². The van der Waals surface area contributed by atoms with Gasteiger partial charge in [0.15, 0.2) is 0 Å². The fourth-order valence-corrected chi connectivity index (χ4v) is 4.18. The molecule has 148 valence electrons. The molecule has 2 saturated heterocycles. The number of halogens is 2. The summed E-state index contributed by atoms with van der Waals surface area (Å²) in [6.45, 7) is 6.39. The Bertz CT molecular complexity index is 592. The summed E-state index contributed by atoms with van der Waals surface area (Å²) in [5.41, 5.74) is 8.76. The van der Waals surface area contributed by atoms with Crippen molar-refractivity contribution in [2.45, 2.75) is 31.8 Å². The van der Waals surface area contributed by atoms with Gasteiger partial charge in [-0.1, -0.05) is 12.1 Å². The smallest absolute Gasteiger partial charge is 0.244 e. The summed E-state index contributed by atoms with van der Waals surface area (Å²) >= 11 is 2.02. The fourth-order valence-electron chi connectivity index (χ4n) is 3.20. The van der Waals surface area contributed by atoms with Crippen molar-refractivity contribution in [1.82, 2.24) is 4.90 Å². The zero-order valence-corrected chi connectivity index (χ0v) is 17.6. The van der Waals surface area contributed by atoms with E-state index in [0.29, 0.717) is 26.1 Å². The molecule has 2 heterocycles. The zero-order chi connectivity index (χ0) is 17.0. The van der Waals surface area contributed by atoms with Crippen molar-refractivity contribution in [3.05, 3.63) is 29.3 Å². The van der Waals surface area contributed by atoms with Crippen LogP contribution in [0.1, 0.15) is 24.0 Å². The highest BCUT2D eigenvalue weighted by atomic mass is 35.5. The van der Waals surface area contributed by atoms with Crippen LogP contribution in [0.5, 0.6) is 0 Å². The second-order valence-electron chi connectivity index (χ2n) is 6.70. The van der Waals surface area contributed by atoms with Crippen molar-refractivity contribution in [2.24, 2.45) is 5.73 Å². The van der Waals surface area contributed by atoms with Crippen LogP contribution in [-0.2, 0) is 16.1 Å². The number of hydrogen-bond acceptors (Lipinski definition) is 5. The molecule has 0 radical (unpaired) electrons. The molecular formula is C18H29Cl2N3O2S. The highest BCUT2D eigenvalue weighted by molar-refractivity contribution is 7.99. The maximum atomic E-state index is 12.6. The Balaban J connectivity index is 0.00000169. The molecule has 2 aliphatic rings. The molecule has 0 spiro atoms. The molecule has 2 aliphatic heterocycles. The minimum Gasteiger partial charge on any atom is -0.381 e. The standard InChI is InChI=1S/C18H27N3O2S.2ClH/c1-14-15(13-21-7-11-24-12-8-21)3-2-4-16(14)20-17(22)18(19)5-9-23-10-6-18;;/h2-4H,5-13,19H2,1H3,(H,20,22);2*1H. The van der Waals surface area contributed by atoms with Crippen molar-refractivity contribution < 1.29 is 9.53 Å². The second-order valence-corrected chi connectivity index (χ2v) is 7.93. The monoisotopic (exact) mass is 421 g/mol. The number of nitrogens with zero attached hydrogens (tertiary/aromatic N) is 1. The van der Waals surface area contributed by atoms with Crippen LogP contribution in [0, 0.1) is 6.92 Å². The number of benzene rings is 1. The maximum absolute atomic E-state index is 12.6. The molecule has 3 N–H and O–H groups in total. The van der Waals surface area contributed by atoms with Crippen molar-refractivity contribution in [1.29, 1.82) is 0 Å². The third kappa shape index (κ3) is 5.75. The summed E-state index contributed by atoms with van der Waals surface area (Å²) in [4.78, 5) is 15.1. The summed E-state index contributed by atoms with van der Waals surface area (Å²) in [6.07, 6.45) is 1.14. The molecule has 5 nitrogen and oxygen atoms in total. The fraction of sp³-hybridized carbons (Fsp3) is 0.611. The van der Waals surface area contributed by atoms with Crippen molar-refractivity contribution in [3.8, 4) is 0 Å².